The Morgan fingerprint density at radius 3 is 2.58 bits per heavy atom. The largest absolute Gasteiger partial charge is 0.473 e. The maximum atomic E-state index is 10.9. The molecule has 0 saturated heterocycles. The van der Waals surface area contributed by atoms with Crippen molar-refractivity contribution in [2.45, 2.75) is 26.4 Å². The number of hydrogen-bond donors (Lipinski definition) is 1. The lowest BCUT2D eigenvalue weighted by Crippen LogP contribution is -2.24. The van der Waals surface area contributed by atoms with E-state index in [2.05, 4.69) is 4.98 Å². The van der Waals surface area contributed by atoms with Gasteiger partial charge in [-0.2, -0.15) is 0 Å². The van der Waals surface area contributed by atoms with Crippen molar-refractivity contribution in [2.75, 3.05) is 0 Å². The molecule has 0 saturated carbocycles. The SMILES string of the molecule is CC(C)(C)Oc1cc(=O)cc[nH]1. The average molecular weight is 167 g/mol. The summed E-state index contributed by atoms with van der Waals surface area (Å²) in [6, 6.07) is 2.89. The van der Waals surface area contributed by atoms with Crippen molar-refractivity contribution in [3.63, 3.8) is 0 Å². The molecule has 0 aliphatic rings. The smallest absolute Gasteiger partial charge is 0.195 e. The number of aromatic nitrogens is 1. The minimum absolute atomic E-state index is 0.0481. The predicted molar refractivity (Wildman–Crippen MR) is 47.4 cm³/mol. The third-order valence-electron chi connectivity index (χ3n) is 1.16. The Bertz CT molecular complexity index is 309. The van der Waals surface area contributed by atoms with Crippen molar-refractivity contribution in [1.82, 2.24) is 4.98 Å². The molecule has 1 N–H and O–H groups in total. The standard InChI is InChI=1S/C9H13NO2/c1-9(2,3)12-8-6-7(11)4-5-10-8/h4-6H,1-3H3,(H,10,11). The third kappa shape index (κ3) is 2.78. The first-order chi connectivity index (χ1) is 5.47. The molecular weight excluding hydrogens is 154 g/mol. The van der Waals surface area contributed by atoms with Gasteiger partial charge in [-0.1, -0.05) is 0 Å². The fraction of sp³-hybridized carbons (Fsp3) is 0.444. The summed E-state index contributed by atoms with van der Waals surface area (Å²) in [6.45, 7) is 5.79. The highest BCUT2D eigenvalue weighted by Crippen LogP contribution is 2.11. The van der Waals surface area contributed by atoms with Crippen LogP contribution in [0.3, 0.4) is 0 Å². The molecule has 0 bridgehead atoms. The summed E-state index contributed by atoms with van der Waals surface area (Å²) in [5, 5.41) is 0. The predicted octanol–water partition coefficient (Wildman–Crippen LogP) is 1.55. The lowest BCUT2D eigenvalue weighted by Gasteiger charge is -2.20. The second kappa shape index (κ2) is 3.01. The molecule has 0 spiro atoms. The first kappa shape index (κ1) is 8.84. The van der Waals surface area contributed by atoms with Crippen molar-refractivity contribution in [2.24, 2.45) is 0 Å². The van der Waals surface area contributed by atoms with Gasteiger partial charge in [-0.05, 0) is 20.8 Å². The molecule has 1 heterocycles. The molecule has 0 fully saturated rings. The maximum absolute atomic E-state index is 10.9. The van der Waals surface area contributed by atoms with Gasteiger partial charge in [0.15, 0.2) is 11.3 Å². The molecule has 12 heavy (non-hydrogen) atoms. The number of hydrogen-bond acceptors (Lipinski definition) is 2. The average Bonchev–Trinajstić information content (AvgIpc) is 1.82. The van der Waals surface area contributed by atoms with E-state index in [-0.39, 0.29) is 11.0 Å². The van der Waals surface area contributed by atoms with Crippen molar-refractivity contribution in [3.8, 4) is 5.88 Å². The number of nitrogens with one attached hydrogen (secondary N) is 1. The number of H-pyrrole nitrogens is 1. The molecule has 0 radical (unpaired) electrons. The van der Waals surface area contributed by atoms with Crippen LogP contribution in [-0.4, -0.2) is 10.6 Å². The van der Waals surface area contributed by atoms with Crippen molar-refractivity contribution >= 4 is 0 Å². The highest BCUT2D eigenvalue weighted by molar-refractivity contribution is 5.10. The quantitative estimate of drug-likeness (QED) is 0.689. The van der Waals surface area contributed by atoms with Crippen molar-refractivity contribution in [3.05, 3.63) is 28.6 Å². The Balaban J connectivity index is 2.84. The minimum Gasteiger partial charge on any atom is -0.473 e. The second-order valence-corrected chi connectivity index (χ2v) is 3.60. The van der Waals surface area contributed by atoms with E-state index in [1.54, 1.807) is 6.20 Å². The molecule has 0 unspecified atom stereocenters. The van der Waals surface area contributed by atoms with Crippen LogP contribution in [0.5, 0.6) is 5.88 Å². The van der Waals surface area contributed by atoms with Crippen LogP contribution < -0.4 is 10.2 Å². The van der Waals surface area contributed by atoms with E-state index >= 15 is 0 Å². The van der Waals surface area contributed by atoms with Crippen LogP contribution in [0, 0.1) is 0 Å². The summed E-state index contributed by atoms with van der Waals surface area (Å²) in [6.07, 6.45) is 1.57. The van der Waals surface area contributed by atoms with Gasteiger partial charge in [0, 0.05) is 18.3 Å². The minimum atomic E-state index is -0.274. The molecule has 0 atom stereocenters. The first-order valence-electron chi connectivity index (χ1n) is 3.85. The summed E-state index contributed by atoms with van der Waals surface area (Å²) in [5.74, 6) is 0.509. The number of aromatic amines is 1. The summed E-state index contributed by atoms with van der Waals surface area (Å²) in [4.78, 5) is 13.7. The van der Waals surface area contributed by atoms with Crippen molar-refractivity contribution < 1.29 is 4.74 Å². The number of ether oxygens (including phenoxy) is 1. The van der Waals surface area contributed by atoms with Crippen LogP contribution in [0.25, 0.3) is 0 Å². The van der Waals surface area contributed by atoms with Gasteiger partial charge in [0.05, 0.1) is 0 Å². The van der Waals surface area contributed by atoms with Gasteiger partial charge in [0.1, 0.15) is 5.60 Å². The van der Waals surface area contributed by atoms with Crippen molar-refractivity contribution in [1.29, 1.82) is 0 Å². The lowest BCUT2D eigenvalue weighted by molar-refractivity contribution is 0.124. The van der Waals surface area contributed by atoms with Gasteiger partial charge in [-0.25, -0.2) is 0 Å². The van der Waals surface area contributed by atoms with Gasteiger partial charge in [0.2, 0.25) is 0 Å². The highest BCUT2D eigenvalue weighted by atomic mass is 16.5. The van der Waals surface area contributed by atoms with Gasteiger partial charge >= 0.3 is 0 Å². The molecule has 0 amide bonds. The fourth-order valence-corrected chi connectivity index (χ4v) is 0.814. The highest BCUT2D eigenvalue weighted by Gasteiger charge is 2.11. The zero-order valence-electron chi connectivity index (χ0n) is 7.55. The van der Waals surface area contributed by atoms with Crippen LogP contribution in [0.15, 0.2) is 23.1 Å². The van der Waals surface area contributed by atoms with Gasteiger partial charge in [-0.3, -0.25) is 4.79 Å². The van der Waals surface area contributed by atoms with Crippen LogP contribution in [0.2, 0.25) is 0 Å². The van der Waals surface area contributed by atoms with E-state index in [0.717, 1.165) is 0 Å². The molecule has 0 aromatic carbocycles. The maximum Gasteiger partial charge on any atom is 0.195 e. The van der Waals surface area contributed by atoms with Crippen LogP contribution >= 0.6 is 0 Å². The normalized spacial score (nSPS) is 11.2. The first-order valence-corrected chi connectivity index (χ1v) is 3.85. The lowest BCUT2D eigenvalue weighted by atomic mass is 10.2. The Hall–Kier alpha value is -1.25. The Labute approximate surface area is 71.4 Å². The molecule has 66 valence electrons. The summed E-state index contributed by atoms with van der Waals surface area (Å²) < 4.78 is 5.43. The van der Waals surface area contributed by atoms with E-state index in [0.29, 0.717) is 5.88 Å². The van der Waals surface area contributed by atoms with Crippen LogP contribution in [0.4, 0.5) is 0 Å². The molecule has 0 aliphatic carbocycles. The zero-order chi connectivity index (χ0) is 9.19. The molecule has 3 heteroatoms. The number of rotatable bonds is 1. The Morgan fingerprint density at radius 2 is 2.08 bits per heavy atom. The van der Waals surface area contributed by atoms with Crippen LogP contribution in [0.1, 0.15) is 20.8 Å². The molecule has 1 aromatic rings. The summed E-state index contributed by atoms with van der Waals surface area (Å²) in [7, 11) is 0. The fourth-order valence-electron chi connectivity index (χ4n) is 0.814. The van der Waals surface area contributed by atoms with Gasteiger partial charge in [-0.15, -0.1) is 0 Å². The molecule has 1 aromatic heterocycles. The summed E-state index contributed by atoms with van der Waals surface area (Å²) in [5.41, 5.74) is -0.322. The van der Waals surface area contributed by atoms with E-state index in [1.807, 2.05) is 20.8 Å². The van der Waals surface area contributed by atoms with E-state index in [9.17, 15) is 4.79 Å². The number of pyridine rings is 1. The second-order valence-electron chi connectivity index (χ2n) is 3.60. The van der Waals surface area contributed by atoms with Crippen LogP contribution in [-0.2, 0) is 0 Å². The van der Waals surface area contributed by atoms with Gasteiger partial charge < -0.3 is 9.72 Å². The van der Waals surface area contributed by atoms with E-state index in [1.165, 1.54) is 12.1 Å². The van der Waals surface area contributed by atoms with Gasteiger partial charge in [0.25, 0.3) is 0 Å². The molecular formula is C9H13NO2. The monoisotopic (exact) mass is 167 g/mol. The zero-order valence-corrected chi connectivity index (χ0v) is 7.55. The third-order valence-corrected chi connectivity index (χ3v) is 1.16. The Morgan fingerprint density at radius 1 is 1.42 bits per heavy atom. The molecule has 0 aliphatic heterocycles. The van der Waals surface area contributed by atoms with E-state index in [4.69, 9.17) is 4.74 Å². The summed E-state index contributed by atoms with van der Waals surface area (Å²) >= 11 is 0. The molecule has 3 nitrogen and oxygen atoms in total. The topological polar surface area (TPSA) is 42.1 Å². The molecule has 1 rings (SSSR count). The van der Waals surface area contributed by atoms with E-state index < -0.39 is 0 Å². The Kier molecular flexibility index (Phi) is 2.22.